The number of carbonyl (C=O) groups is 2. The lowest BCUT2D eigenvalue weighted by Crippen LogP contribution is -2.43. The van der Waals surface area contributed by atoms with Crippen molar-refractivity contribution >= 4 is 35.0 Å². The van der Waals surface area contributed by atoms with Crippen molar-refractivity contribution in [1.29, 1.82) is 0 Å². The summed E-state index contributed by atoms with van der Waals surface area (Å²) >= 11 is 1.36. The average Bonchev–Trinajstić information content (AvgIpc) is 2.63. The Morgan fingerprint density at radius 2 is 1.85 bits per heavy atom. The lowest BCUT2D eigenvalue weighted by molar-refractivity contribution is -0.116. The van der Waals surface area contributed by atoms with Crippen molar-refractivity contribution in [3.8, 4) is 0 Å². The summed E-state index contributed by atoms with van der Waals surface area (Å²) in [6.07, 6.45) is 1.98. The molecule has 2 aromatic rings. The number of hydrogen-bond acceptors (Lipinski definition) is 3. The Bertz CT molecular complexity index is 789. The summed E-state index contributed by atoms with van der Waals surface area (Å²) in [6, 6.07) is 16.0. The number of nitrogens with one attached hydrogen (secondary N) is 1. The highest BCUT2D eigenvalue weighted by Crippen LogP contribution is 2.30. The summed E-state index contributed by atoms with van der Waals surface area (Å²) in [6.45, 7) is 4.09. The quantitative estimate of drug-likeness (QED) is 0.867. The van der Waals surface area contributed by atoms with Gasteiger partial charge in [-0.1, -0.05) is 35.9 Å². The average molecular weight is 369 g/mol. The predicted molar refractivity (Wildman–Crippen MR) is 109 cm³/mol. The number of fused-ring (bicyclic) bond motifs is 1. The van der Waals surface area contributed by atoms with Crippen LogP contribution >= 0.6 is 11.8 Å². The molecule has 0 bridgehead atoms. The van der Waals surface area contributed by atoms with Crippen LogP contribution in [0.4, 0.5) is 11.4 Å². The molecule has 2 amide bonds. The summed E-state index contributed by atoms with van der Waals surface area (Å²) in [5.41, 5.74) is 4.17. The number of anilines is 2. The molecule has 0 aliphatic carbocycles. The fourth-order valence-corrected chi connectivity index (χ4v) is 3.88. The highest BCUT2D eigenvalue weighted by molar-refractivity contribution is 8.00. The van der Waals surface area contributed by atoms with E-state index in [4.69, 9.17) is 0 Å². The first-order chi connectivity index (χ1) is 12.5. The van der Waals surface area contributed by atoms with Gasteiger partial charge in [0.2, 0.25) is 11.8 Å². The van der Waals surface area contributed by atoms with Gasteiger partial charge in [-0.2, -0.15) is 0 Å². The number of para-hydroxylation sites is 1. The molecule has 136 valence electrons. The zero-order valence-electron chi connectivity index (χ0n) is 15.2. The lowest BCUT2D eigenvalue weighted by Gasteiger charge is -2.35. The first-order valence-corrected chi connectivity index (χ1v) is 10.0. The smallest absolute Gasteiger partial charge is 0.237 e. The molecule has 26 heavy (non-hydrogen) atoms. The molecule has 0 aromatic heterocycles. The maximum absolute atomic E-state index is 12.7. The molecule has 0 saturated carbocycles. The van der Waals surface area contributed by atoms with E-state index in [-0.39, 0.29) is 23.6 Å². The monoisotopic (exact) mass is 368 g/mol. The molecule has 1 heterocycles. The number of rotatable bonds is 5. The Hall–Kier alpha value is -2.27. The van der Waals surface area contributed by atoms with E-state index in [1.807, 2.05) is 54.3 Å². The Morgan fingerprint density at radius 1 is 1.12 bits per heavy atom. The van der Waals surface area contributed by atoms with Crippen molar-refractivity contribution < 1.29 is 9.59 Å². The molecule has 0 radical (unpaired) electrons. The molecule has 1 N–H and O–H groups in total. The van der Waals surface area contributed by atoms with Gasteiger partial charge in [-0.25, -0.2) is 0 Å². The summed E-state index contributed by atoms with van der Waals surface area (Å²) in [5.74, 6) is 0.556. The second-order valence-corrected chi connectivity index (χ2v) is 7.67. The fourth-order valence-electron chi connectivity index (χ4n) is 3.20. The number of aryl methyl sites for hydroxylation is 2. The molecule has 0 spiro atoms. The van der Waals surface area contributed by atoms with Crippen LogP contribution in [0.5, 0.6) is 0 Å². The zero-order valence-corrected chi connectivity index (χ0v) is 16.0. The second kappa shape index (κ2) is 8.41. The van der Waals surface area contributed by atoms with E-state index in [1.54, 1.807) is 0 Å². The Balaban J connectivity index is 1.52. The molecule has 1 aliphatic heterocycles. The second-order valence-electron chi connectivity index (χ2n) is 6.69. The van der Waals surface area contributed by atoms with Gasteiger partial charge in [-0.3, -0.25) is 9.59 Å². The summed E-state index contributed by atoms with van der Waals surface area (Å²) in [7, 11) is 0. The molecule has 1 atom stereocenters. The van der Waals surface area contributed by atoms with Crippen LogP contribution in [-0.2, 0) is 16.0 Å². The van der Waals surface area contributed by atoms with Gasteiger partial charge in [-0.05, 0) is 50.5 Å². The SMILES string of the molecule is Cc1ccc(NC(=O)CSCC(=O)N2c3ccccc3CCC2C)cc1. The van der Waals surface area contributed by atoms with Gasteiger partial charge in [0.1, 0.15) is 0 Å². The van der Waals surface area contributed by atoms with Crippen molar-refractivity contribution in [3.63, 3.8) is 0 Å². The molecule has 5 heteroatoms. The van der Waals surface area contributed by atoms with E-state index in [1.165, 1.54) is 17.3 Å². The number of carbonyl (C=O) groups excluding carboxylic acids is 2. The summed E-state index contributed by atoms with van der Waals surface area (Å²) in [5, 5.41) is 2.86. The van der Waals surface area contributed by atoms with E-state index in [0.717, 1.165) is 29.8 Å². The van der Waals surface area contributed by atoms with E-state index in [2.05, 4.69) is 18.3 Å². The summed E-state index contributed by atoms with van der Waals surface area (Å²) in [4.78, 5) is 26.7. The predicted octanol–water partition coefficient (Wildman–Crippen LogP) is 4.03. The van der Waals surface area contributed by atoms with Crippen molar-refractivity contribution in [2.45, 2.75) is 32.7 Å². The first kappa shape index (κ1) is 18.5. The van der Waals surface area contributed by atoms with Crippen molar-refractivity contribution in [1.82, 2.24) is 0 Å². The zero-order chi connectivity index (χ0) is 18.5. The van der Waals surface area contributed by atoms with Gasteiger partial charge in [0.25, 0.3) is 0 Å². The molecular weight excluding hydrogens is 344 g/mol. The van der Waals surface area contributed by atoms with Crippen LogP contribution in [0.15, 0.2) is 48.5 Å². The third-order valence-electron chi connectivity index (χ3n) is 4.59. The molecule has 4 nitrogen and oxygen atoms in total. The van der Waals surface area contributed by atoms with Crippen LogP contribution < -0.4 is 10.2 Å². The van der Waals surface area contributed by atoms with Crippen molar-refractivity contribution in [3.05, 3.63) is 59.7 Å². The van der Waals surface area contributed by atoms with Gasteiger partial charge in [-0.15, -0.1) is 11.8 Å². The Kier molecular flexibility index (Phi) is 5.99. The van der Waals surface area contributed by atoms with Crippen LogP contribution in [0.25, 0.3) is 0 Å². The Morgan fingerprint density at radius 3 is 2.62 bits per heavy atom. The highest BCUT2D eigenvalue weighted by Gasteiger charge is 2.27. The number of amides is 2. The number of benzene rings is 2. The highest BCUT2D eigenvalue weighted by atomic mass is 32.2. The first-order valence-electron chi connectivity index (χ1n) is 8.89. The molecule has 0 saturated heterocycles. The van der Waals surface area contributed by atoms with Crippen molar-refractivity contribution in [2.24, 2.45) is 0 Å². The maximum atomic E-state index is 12.7. The van der Waals surface area contributed by atoms with Gasteiger partial charge in [0.05, 0.1) is 11.5 Å². The maximum Gasteiger partial charge on any atom is 0.237 e. The van der Waals surface area contributed by atoms with Crippen LogP contribution in [0, 0.1) is 6.92 Å². The third kappa shape index (κ3) is 4.47. The van der Waals surface area contributed by atoms with E-state index >= 15 is 0 Å². The minimum absolute atomic E-state index is 0.0674. The minimum Gasteiger partial charge on any atom is -0.325 e. The van der Waals surface area contributed by atoms with Gasteiger partial charge in [0.15, 0.2) is 0 Å². The summed E-state index contributed by atoms with van der Waals surface area (Å²) < 4.78 is 0. The normalized spacial score (nSPS) is 16.1. The number of thioether (sulfide) groups is 1. The van der Waals surface area contributed by atoms with Gasteiger partial charge in [0, 0.05) is 17.4 Å². The van der Waals surface area contributed by atoms with Gasteiger partial charge < -0.3 is 10.2 Å². The van der Waals surface area contributed by atoms with E-state index in [0.29, 0.717) is 5.75 Å². The van der Waals surface area contributed by atoms with Crippen LogP contribution in [-0.4, -0.2) is 29.4 Å². The number of hydrogen-bond donors (Lipinski definition) is 1. The minimum atomic E-state index is -0.0845. The molecule has 3 rings (SSSR count). The molecule has 0 fully saturated rings. The fraction of sp³-hybridized carbons (Fsp3) is 0.333. The molecular formula is C21H24N2O2S. The third-order valence-corrected chi connectivity index (χ3v) is 5.50. The van der Waals surface area contributed by atoms with Crippen LogP contribution in [0.2, 0.25) is 0 Å². The Labute approximate surface area is 159 Å². The standard InChI is InChI=1S/C21H24N2O2S/c1-15-7-11-18(12-8-15)22-20(24)13-26-14-21(25)23-16(2)9-10-17-5-3-4-6-19(17)23/h3-8,11-12,16H,9-10,13-14H2,1-2H3,(H,22,24). The largest absolute Gasteiger partial charge is 0.325 e. The van der Waals surface area contributed by atoms with Crippen LogP contribution in [0.1, 0.15) is 24.5 Å². The van der Waals surface area contributed by atoms with E-state index in [9.17, 15) is 9.59 Å². The molecule has 1 unspecified atom stereocenters. The van der Waals surface area contributed by atoms with Gasteiger partial charge >= 0.3 is 0 Å². The van der Waals surface area contributed by atoms with Crippen molar-refractivity contribution in [2.75, 3.05) is 21.7 Å². The van der Waals surface area contributed by atoms with Crippen LogP contribution in [0.3, 0.4) is 0 Å². The lowest BCUT2D eigenvalue weighted by atomic mass is 9.97. The molecule has 1 aliphatic rings. The molecule has 2 aromatic carbocycles. The number of nitrogens with zero attached hydrogens (tertiary/aromatic N) is 1. The topological polar surface area (TPSA) is 49.4 Å². The van der Waals surface area contributed by atoms with E-state index < -0.39 is 0 Å².